The van der Waals surface area contributed by atoms with Gasteiger partial charge in [-0.3, -0.25) is 4.79 Å². The zero-order chi connectivity index (χ0) is 15.4. The predicted molar refractivity (Wildman–Crippen MR) is 76.5 cm³/mol. The predicted octanol–water partition coefficient (Wildman–Crippen LogP) is 2.54. The van der Waals surface area contributed by atoms with E-state index in [0.717, 1.165) is 6.07 Å². The Hall–Kier alpha value is -3.07. The number of benzene rings is 2. The van der Waals surface area contributed by atoms with Crippen LogP contribution in [-0.2, 0) is 0 Å². The van der Waals surface area contributed by atoms with Crippen LogP contribution in [0.15, 0.2) is 36.4 Å². The standard InChI is InChI=1S/C15H12FN3O2/c1-21-14-5-2-9(7-12(14)16)15(20)19-13-4-3-11(18)6-10(13)8-17/h2-7H,18H2,1H3,(H,19,20). The van der Waals surface area contributed by atoms with E-state index in [1.165, 1.54) is 31.4 Å². The Labute approximate surface area is 120 Å². The first-order valence-electron chi connectivity index (χ1n) is 5.99. The van der Waals surface area contributed by atoms with Crippen molar-refractivity contribution >= 4 is 17.3 Å². The van der Waals surface area contributed by atoms with Gasteiger partial charge in [0, 0.05) is 11.3 Å². The second kappa shape index (κ2) is 5.92. The minimum atomic E-state index is -0.636. The van der Waals surface area contributed by atoms with E-state index in [1.807, 2.05) is 6.07 Å². The summed E-state index contributed by atoms with van der Waals surface area (Å²) in [4.78, 5) is 12.1. The second-order valence-corrected chi connectivity index (χ2v) is 4.22. The third-order valence-electron chi connectivity index (χ3n) is 2.83. The highest BCUT2D eigenvalue weighted by Gasteiger charge is 2.12. The molecule has 2 aromatic rings. The van der Waals surface area contributed by atoms with E-state index in [9.17, 15) is 9.18 Å². The summed E-state index contributed by atoms with van der Waals surface area (Å²) >= 11 is 0. The molecule has 0 heterocycles. The number of methoxy groups -OCH3 is 1. The normalized spacial score (nSPS) is 9.76. The number of hydrogen-bond donors (Lipinski definition) is 2. The third kappa shape index (κ3) is 3.09. The number of nitrogen functional groups attached to an aromatic ring is 1. The Bertz CT molecular complexity index is 738. The summed E-state index contributed by atoms with van der Waals surface area (Å²) in [5.41, 5.74) is 6.65. The zero-order valence-electron chi connectivity index (χ0n) is 11.2. The highest BCUT2D eigenvalue weighted by atomic mass is 19.1. The number of nitrogens with one attached hydrogen (secondary N) is 1. The van der Waals surface area contributed by atoms with E-state index in [-0.39, 0.29) is 16.9 Å². The molecule has 6 heteroatoms. The molecule has 5 nitrogen and oxygen atoms in total. The quantitative estimate of drug-likeness (QED) is 0.848. The van der Waals surface area contributed by atoms with Gasteiger partial charge in [-0.1, -0.05) is 0 Å². The molecular weight excluding hydrogens is 273 g/mol. The van der Waals surface area contributed by atoms with Gasteiger partial charge in [0.05, 0.1) is 18.4 Å². The van der Waals surface area contributed by atoms with Crippen LogP contribution in [0.3, 0.4) is 0 Å². The number of nitriles is 1. The molecule has 21 heavy (non-hydrogen) atoms. The number of anilines is 2. The molecule has 0 spiro atoms. The maximum Gasteiger partial charge on any atom is 0.255 e. The van der Waals surface area contributed by atoms with Crippen molar-refractivity contribution in [2.75, 3.05) is 18.2 Å². The van der Waals surface area contributed by atoms with Crippen LogP contribution in [0, 0.1) is 17.1 Å². The van der Waals surface area contributed by atoms with Gasteiger partial charge in [-0.25, -0.2) is 4.39 Å². The number of nitrogens with two attached hydrogens (primary N) is 1. The summed E-state index contributed by atoms with van der Waals surface area (Å²) in [6.45, 7) is 0. The van der Waals surface area contributed by atoms with E-state index in [2.05, 4.69) is 5.32 Å². The summed E-state index contributed by atoms with van der Waals surface area (Å²) in [6, 6.07) is 10.3. The second-order valence-electron chi connectivity index (χ2n) is 4.22. The van der Waals surface area contributed by atoms with Crippen molar-refractivity contribution < 1.29 is 13.9 Å². The Kier molecular flexibility index (Phi) is 4.05. The van der Waals surface area contributed by atoms with Crippen molar-refractivity contribution in [3.05, 3.63) is 53.3 Å². The average Bonchev–Trinajstić information content (AvgIpc) is 2.48. The largest absolute Gasteiger partial charge is 0.494 e. The van der Waals surface area contributed by atoms with Crippen molar-refractivity contribution in [3.8, 4) is 11.8 Å². The lowest BCUT2D eigenvalue weighted by molar-refractivity contribution is 0.102. The van der Waals surface area contributed by atoms with E-state index in [1.54, 1.807) is 6.07 Å². The molecule has 3 N–H and O–H groups in total. The molecule has 1 amide bonds. The molecular formula is C15H12FN3O2. The molecule has 0 saturated carbocycles. The number of carbonyl (C=O) groups is 1. The van der Waals surface area contributed by atoms with Gasteiger partial charge >= 0.3 is 0 Å². The van der Waals surface area contributed by atoms with Gasteiger partial charge in [0.1, 0.15) is 6.07 Å². The summed E-state index contributed by atoms with van der Waals surface area (Å²) in [6.07, 6.45) is 0. The van der Waals surface area contributed by atoms with Gasteiger partial charge in [-0.2, -0.15) is 5.26 Å². The number of hydrogen-bond acceptors (Lipinski definition) is 4. The van der Waals surface area contributed by atoms with Crippen molar-refractivity contribution in [1.29, 1.82) is 5.26 Å². The maximum atomic E-state index is 13.6. The van der Waals surface area contributed by atoms with Crippen molar-refractivity contribution in [2.45, 2.75) is 0 Å². The first-order valence-corrected chi connectivity index (χ1v) is 5.99. The summed E-state index contributed by atoms with van der Waals surface area (Å²) in [7, 11) is 1.34. The van der Waals surface area contributed by atoms with Crippen molar-refractivity contribution in [2.24, 2.45) is 0 Å². The zero-order valence-corrected chi connectivity index (χ0v) is 11.2. The maximum absolute atomic E-state index is 13.6. The Morgan fingerprint density at radius 2 is 2.10 bits per heavy atom. The van der Waals surface area contributed by atoms with Crippen LogP contribution in [0.1, 0.15) is 15.9 Å². The van der Waals surface area contributed by atoms with Crippen LogP contribution < -0.4 is 15.8 Å². The topological polar surface area (TPSA) is 88.1 Å². The molecule has 0 fully saturated rings. The van der Waals surface area contributed by atoms with Crippen LogP contribution in [-0.4, -0.2) is 13.0 Å². The monoisotopic (exact) mass is 285 g/mol. The minimum absolute atomic E-state index is 0.0525. The minimum Gasteiger partial charge on any atom is -0.494 e. The Morgan fingerprint density at radius 1 is 1.33 bits per heavy atom. The molecule has 0 unspecified atom stereocenters. The molecule has 2 rings (SSSR count). The molecule has 0 aliphatic carbocycles. The Balaban J connectivity index is 2.26. The first-order chi connectivity index (χ1) is 10.0. The number of halogens is 1. The van der Waals surface area contributed by atoms with Crippen LogP contribution in [0.2, 0.25) is 0 Å². The molecule has 0 aromatic heterocycles. The lowest BCUT2D eigenvalue weighted by Crippen LogP contribution is -2.13. The summed E-state index contributed by atoms with van der Waals surface area (Å²) < 4.78 is 18.4. The lowest BCUT2D eigenvalue weighted by Gasteiger charge is -2.09. The van der Waals surface area contributed by atoms with Crippen molar-refractivity contribution in [1.82, 2.24) is 0 Å². The fourth-order valence-electron chi connectivity index (χ4n) is 1.77. The van der Waals surface area contributed by atoms with Gasteiger partial charge in [-0.15, -0.1) is 0 Å². The average molecular weight is 285 g/mol. The van der Waals surface area contributed by atoms with Gasteiger partial charge in [0.2, 0.25) is 0 Å². The van der Waals surface area contributed by atoms with Crippen LogP contribution in [0.5, 0.6) is 5.75 Å². The highest BCUT2D eigenvalue weighted by molar-refractivity contribution is 6.05. The van der Waals surface area contributed by atoms with Crippen LogP contribution in [0.4, 0.5) is 15.8 Å². The smallest absolute Gasteiger partial charge is 0.255 e. The molecule has 0 saturated heterocycles. The molecule has 0 aliphatic heterocycles. The van der Waals surface area contributed by atoms with Gasteiger partial charge in [0.15, 0.2) is 11.6 Å². The molecule has 0 radical (unpaired) electrons. The van der Waals surface area contributed by atoms with Gasteiger partial charge < -0.3 is 15.8 Å². The van der Waals surface area contributed by atoms with Crippen LogP contribution >= 0.6 is 0 Å². The lowest BCUT2D eigenvalue weighted by atomic mass is 10.1. The number of nitrogens with zero attached hydrogens (tertiary/aromatic N) is 1. The SMILES string of the molecule is COc1ccc(C(=O)Nc2ccc(N)cc2C#N)cc1F. The molecule has 0 aliphatic rings. The number of rotatable bonds is 3. The molecule has 106 valence electrons. The molecule has 0 atom stereocenters. The van der Waals surface area contributed by atoms with E-state index in [0.29, 0.717) is 11.4 Å². The van der Waals surface area contributed by atoms with Crippen molar-refractivity contribution in [3.63, 3.8) is 0 Å². The molecule has 0 bridgehead atoms. The molecule has 2 aromatic carbocycles. The first kappa shape index (κ1) is 14.3. The summed E-state index contributed by atoms with van der Waals surface area (Å²) in [5, 5.41) is 11.6. The number of ether oxygens (including phenoxy) is 1. The fourth-order valence-corrected chi connectivity index (χ4v) is 1.77. The number of amides is 1. The van der Waals surface area contributed by atoms with Crippen LogP contribution in [0.25, 0.3) is 0 Å². The third-order valence-corrected chi connectivity index (χ3v) is 2.83. The Morgan fingerprint density at radius 3 is 2.71 bits per heavy atom. The fraction of sp³-hybridized carbons (Fsp3) is 0.0667. The summed E-state index contributed by atoms with van der Waals surface area (Å²) in [5.74, 6) is -1.11. The number of carbonyl (C=O) groups excluding carboxylic acids is 1. The highest BCUT2D eigenvalue weighted by Crippen LogP contribution is 2.21. The van der Waals surface area contributed by atoms with Gasteiger partial charge in [0.25, 0.3) is 5.91 Å². The van der Waals surface area contributed by atoms with E-state index >= 15 is 0 Å². The van der Waals surface area contributed by atoms with Gasteiger partial charge in [-0.05, 0) is 36.4 Å². The van der Waals surface area contributed by atoms with E-state index in [4.69, 9.17) is 15.7 Å². The van der Waals surface area contributed by atoms with E-state index < -0.39 is 11.7 Å².